The third-order valence-corrected chi connectivity index (χ3v) is 12.4. The summed E-state index contributed by atoms with van der Waals surface area (Å²) in [5.74, 6) is -3.06. The lowest BCUT2D eigenvalue weighted by Gasteiger charge is -2.40. The molecule has 0 spiro atoms. The molecule has 10 nitrogen and oxygen atoms in total. The maximum Gasteiger partial charge on any atom is 0.406 e. The van der Waals surface area contributed by atoms with Gasteiger partial charge in [0.15, 0.2) is 0 Å². The van der Waals surface area contributed by atoms with Gasteiger partial charge in [0.1, 0.15) is 11.6 Å². The van der Waals surface area contributed by atoms with E-state index in [0.717, 1.165) is 6.42 Å². The molecule has 3 N–H and O–H groups in total. The first kappa shape index (κ1) is 40.9. The molecule has 51 heavy (non-hydrogen) atoms. The minimum Gasteiger partial charge on any atom is -0.453 e. The highest BCUT2D eigenvalue weighted by atomic mass is 35.5. The predicted molar refractivity (Wildman–Crippen MR) is 195 cm³/mol. The Morgan fingerprint density at radius 1 is 1.12 bits per heavy atom. The molecule has 14 heteroatoms. The number of sulfonamides is 1. The van der Waals surface area contributed by atoms with Crippen LogP contribution in [0.1, 0.15) is 83.3 Å². The Bertz CT molecular complexity index is 1590. The number of alkyl carbamates (subject to hydrolysis) is 1. The molecule has 2 bridgehead atoms. The van der Waals surface area contributed by atoms with Gasteiger partial charge in [0, 0.05) is 48.9 Å². The van der Waals surface area contributed by atoms with Crippen molar-refractivity contribution >= 4 is 39.3 Å². The van der Waals surface area contributed by atoms with Gasteiger partial charge >= 0.3 is 6.09 Å². The molecule has 2 amide bonds. The molecule has 3 saturated heterocycles. The number of methoxy groups -OCH3 is 1. The lowest BCUT2D eigenvalue weighted by Crippen LogP contribution is -2.57. The number of piperazine rings is 1. The van der Waals surface area contributed by atoms with Crippen molar-refractivity contribution in [2.24, 2.45) is 11.8 Å². The SMILES string of the molecule is CC.COC(=O)NC[C@H](C(=O)Nc1cccc(F)c1CCC[C@H]1CN[C@@H]2CCCS(=O)(=O)N1C2)[C@@H](c1ccc(Cl)c(F)c1)C1C[C@@H](C)O[C@@H](C)C1. The number of carbonyl (C=O) groups is 2. The molecule has 3 aliphatic heterocycles. The van der Waals surface area contributed by atoms with Crippen molar-refractivity contribution in [3.8, 4) is 0 Å². The Labute approximate surface area is 306 Å². The standard InChI is InChI=1S/C35H47ClF2N4O6S.C2H6/c1-21-15-24(16-22(2)48-21)33(23-12-13-29(36)31(38)17-23)28(19-40-35(44)47-3)34(43)41-32-11-5-10-30(37)27(32)9-4-8-26-18-39-25-7-6-14-49(45,46)42(26)20-25;1-2/h5,10-13,17,21-22,24-26,28,33,39H,4,6-9,14-16,18-20H2,1-3H3,(H,40,44)(H,41,43);1-2H3/t21-,22+,24?,25-,26+,28+,33+;/m1./s1. The molecule has 2 aromatic rings. The normalized spacial score (nSPS) is 26.7. The maximum absolute atomic E-state index is 15.4. The summed E-state index contributed by atoms with van der Waals surface area (Å²) in [5.41, 5.74) is 1.14. The molecule has 0 aromatic heterocycles. The molecule has 8 atom stereocenters. The number of hydrogen-bond acceptors (Lipinski definition) is 7. The number of amides is 2. The molecule has 3 fully saturated rings. The zero-order valence-corrected chi connectivity index (χ0v) is 31.8. The lowest BCUT2D eigenvalue weighted by atomic mass is 9.71. The predicted octanol–water partition coefficient (Wildman–Crippen LogP) is 6.63. The summed E-state index contributed by atoms with van der Waals surface area (Å²) < 4.78 is 68.6. The highest BCUT2D eigenvalue weighted by molar-refractivity contribution is 7.89. The average Bonchev–Trinajstić information content (AvgIpc) is 3.21. The van der Waals surface area contributed by atoms with Crippen LogP contribution in [0.4, 0.5) is 19.3 Å². The van der Waals surface area contributed by atoms with Crippen LogP contribution in [-0.2, 0) is 30.7 Å². The van der Waals surface area contributed by atoms with Gasteiger partial charge in [0.2, 0.25) is 15.9 Å². The van der Waals surface area contributed by atoms with E-state index in [2.05, 4.69) is 16.0 Å². The van der Waals surface area contributed by atoms with Crippen molar-refractivity contribution in [2.45, 2.75) is 103 Å². The molecule has 284 valence electrons. The fourth-order valence-corrected chi connectivity index (χ4v) is 9.79. The van der Waals surface area contributed by atoms with Crippen molar-refractivity contribution in [3.63, 3.8) is 0 Å². The second-order valence-electron chi connectivity index (χ2n) is 13.6. The summed E-state index contributed by atoms with van der Waals surface area (Å²) in [6, 6.07) is 8.86. The number of rotatable bonds is 11. The molecule has 2 aromatic carbocycles. The highest BCUT2D eigenvalue weighted by Crippen LogP contribution is 2.42. The average molecular weight is 755 g/mol. The Morgan fingerprint density at radius 3 is 2.53 bits per heavy atom. The number of nitrogens with zero attached hydrogens (tertiary/aromatic N) is 1. The molecule has 0 aliphatic carbocycles. The van der Waals surface area contributed by atoms with E-state index in [4.69, 9.17) is 21.1 Å². The molecule has 3 heterocycles. The van der Waals surface area contributed by atoms with E-state index in [-0.39, 0.29) is 59.6 Å². The third kappa shape index (κ3) is 10.6. The van der Waals surface area contributed by atoms with Crippen molar-refractivity contribution in [2.75, 3.05) is 37.8 Å². The van der Waals surface area contributed by atoms with E-state index < -0.39 is 45.5 Å². The first-order valence-corrected chi connectivity index (χ1v) is 20.1. The summed E-state index contributed by atoms with van der Waals surface area (Å²) in [6.45, 7) is 8.76. The van der Waals surface area contributed by atoms with Gasteiger partial charge in [0.25, 0.3) is 0 Å². The van der Waals surface area contributed by atoms with Gasteiger partial charge in [-0.15, -0.1) is 0 Å². The summed E-state index contributed by atoms with van der Waals surface area (Å²) in [4.78, 5) is 26.6. The minimum absolute atomic E-state index is 0.0495. The second-order valence-corrected chi connectivity index (χ2v) is 16.0. The van der Waals surface area contributed by atoms with Gasteiger partial charge in [-0.2, -0.15) is 4.31 Å². The summed E-state index contributed by atoms with van der Waals surface area (Å²) in [7, 11) is -2.14. The topological polar surface area (TPSA) is 126 Å². The van der Waals surface area contributed by atoms with Gasteiger partial charge in [-0.3, -0.25) is 4.79 Å². The number of hydrogen-bond donors (Lipinski definition) is 3. The van der Waals surface area contributed by atoms with E-state index in [1.54, 1.807) is 16.4 Å². The van der Waals surface area contributed by atoms with Crippen LogP contribution in [0.25, 0.3) is 0 Å². The van der Waals surface area contributed by atoms with Crippen molar-refractivity contribution in [3.05, 3.63) is 64.2 Å². The molecule has 0 radical (unpaired) electrons. The van der Waals surface area contributed by atoms with E-state index in [0.29, 0.717) is 56.3 Å². The molecule has 2 unspecified atom stereocenters. The van der Waals surface area contributed by atoms with Crippen LogP contribution in [0.15, 0.2) is 36.4 Å². The first-order chi connectivity index (χ1) is 24.4. The monoisotopic (exact) mass is 754 g/mol. The van der Waals surface area contributed by atoms with Gasteiger partial charge < -0.3 is 25.4 Å². The maximum atomic E-state index is 15.4. The van der Waals surface area contributed by atoms with Crippen molar-refractivity contribution in [1.82, 2.24) is 14.9 Å². The van der Waals surface area contributed by atoms with Crippen LogP contribution in [0.2, 0.25) is 5.02 Å². The number of halogens is 3. The lowest BCUT2D eigenvalue weighted by molar-refractivity contribution is -0.122. The summed E-state index contributed by atoms with van der Waals surface area (Å²) >= 11 is 6.04. The van der Waals surface area contributed by atoms with E-state index in [1.165, 1.54) is 31.4 Å². The van der Waals surface area contributed by atoms with Crippen LogP contribution in [0.5, 0.6) is 0 Å². The smallest absolute Gasteiger partial charge is 0.406 e. The Morgan fingerprint density at radius 2 is 1.84 bits per heavy atom. The van der Waals surface area contributed by atoms with E-state index in [9.17, 15) is 22.4 Å². The van der Waals surface area contributed by atoms with Crippen LogP contribution >= 0.6 is 11.6 Å². The Hall–Kier alpha value is -2.84. The Balaban J connectivity index is 0.00000286. The fourth-order valence-electron chi connectivity index (χ4n) is 7.87. The van der Waals surface area contributed by atoms with Crippen LogP contribution in [-0.4, -0.2) is 81.5 Å². The number of nitrogens with one attached hydrogen (secondary N) is 3. The Kier molecular flexibility index (Phi) is 15.1. The zero-order chi connectivity index (χ0) is 37.3. The minimum atomic E-state index is -3.36. The van der Waals surface area contributed by atoms with Crippen LogP contribution in [0, 0.1) is 23.5 Å². The molecule has 0 saturated carbocycles. The quantitative estimate of drug-likeness (QED) is 0.235. The van der Waals surface area contributed by atoms with E-state index in [1.807, 2.05) is 27.7 Å². The van der Waals surface area contributed by atoms with Gasteiger partial charge in [-0.1, -0.05) is 37.6 Å². The zero-order valence-electron chi connectivity index (χ0n) is 30.2. The van der Waals surface area contributed by atoms with Crippen LogP contribution in [0.3, 0.4) is 0 Å². The van der Waals surface area contributed by atoms with Crippen molar-refractivity contribution in [1.29, 1.82) is 0 Å². The molecular weight excluding hydrogens is 702 g/mol. The second kappa shape index (κ2) is 18.8. The fraction of sp³-hybridized carbons (Fsp3) is 0.622. The number of anilines is 1. The van der Waals surface area contributed by atoms with Gasteiger partial charge in [0.05, 0.1) is 36.0 Å². The number of fused-ring (bicyclic) bond motifs is 2. The summed E-state index contributed by atoms with van der Waals surface area (Å²) in [5, 5.41) is 9.00. The highest BCUT2D eigenvalue weighted by Gasteiger charge is 2.41. The van der Waals surface area contributed by atoms with E-state index >= 15 is 4.39 Å². The number of carbonyl (C=O) groups excluding carboxylic acids is 2. The number of ether oxygens (including phenoxy) is 2. The molecule has 3 aliphatic rings. The summed E-state index contributed by atoms with van der Waals surface area (Å²) in [6.07, 6.45) is 2.95. The third-order valence-electron chi connectivity index (χ3n) is 10.1. The van der Waals surface area contributed by atoms with Gasteiger partial charge in [-0.05, 0) is 94.5 Å². The largest absolute Gasteiger partial charge is 0.453 e. The molecule has 5 rings (SSSR count). The van der Waals surface area contributed by atoms with Crippen LogP contribution < -0.4 is 16.0 Å². The van der Waals surface area contributed by atoms with Gasteiger partial charge in [-0.25, -0.2) is 22.0 Å². The molecular formula is C37H53ClF2N4O6S. The van der Waals surface area contributed by atoms with Crippen molar-refractivity contribution < 1.29 is 36.3 Å². The first-order valence-electron chi connectivity index (χ1n) is 18.1. The number of benzene rings is 2.